The van der Waals surface area contributed by atoms with E-state index in [0.717, 1.165) is 24.8 Å². The Morgan fingerprint density at radius 3 is 2.44 bits per heavy atom. The van der Waals surface area contributed by atoms with Gasteiger partial charge in [0.2, 0.25) is 0 Å². The molecule has 1 atom stereocenters. The van der Waals surface area contributed by atoms with Gasteiger partial charge in [0.15, 0.2) is 0 Å². The van der Waals surface area contributed by atoms with Crippen LogP contribution in [0, 0.1) is 0 Å². The van der Waals surface area contributed by atoms with Gasteiger partial charge in [-0.3, -0.25) is 0 Å². The molecule has 2 heteroatoms. The van der Waals surface area contributed by atoms with Crippen molar-refractivity contribution in [3.63, 3.8) is 0 Å². The zero-order valence-electron chi connectivity index (χ0n) is 6.19. The highest BCUT2D eigenvalue weighted by molar-refractivity contribution is 9.09. The third kappa shape index (κ3) is 4.91. The number of ether oxygens (including phenoxy) is 1. The van der Waals surface area contributed by atoms with E-state index in [-0.39, 0.29) is 0 Å². The van der Waals surface area contributed by atoms with Gasteiger partial charge < -0.3 is 4.74 Å². The largest absolute Gasteiger partial charge is 0.378 e. The van der Waals surface area contributed by atoms with Crippen LogP contribution < -0.4 is 0 Å². The first kappa shape index (κ1) is 9.44. The molecule has 0 fully saturated rings. The van der Waals surface area contributed by atoms with Crippen molar-refractivity contribution in [3.8, 4) is 0 Å². The monoisotopic (exact) mass is 194 g/mol. The average Bonchev–Trinajstić information content (AvgIpc) is 1.88. The van der Waals surface area contributed by atoms with Crippen molar-refractivity contribution in [2.24, 2.45) is 0 Å². The molecule has 0 heterocycles. The van der Waals surface area contributed by atoms with Gasteiger partial charge in [-0.1, -0.05) is 22.9 Å². The lowest BCUT2D eigenvalue weighted by atomic mass is 10.2. The van der Waals surface area contributed by atoms with E-state index in [1.165, 1.54) is 0 Å². The molecule has 0 radical (unpaired) electrons. The maximum Gasteiger partial charge on any atom is 0.0580 e. The fraction of sp³-hybridized carbons (Fsp3) is 1.00. The molecule has 0 aromatic carbocycles. The highest BCUT2D eigenvalue weighted by atomic mass is 79.9. The van der Waals surface area contributed by atoms with Gasteiger partial charge in [-0.15, -0.1) is 0 Å². The van der Waals surface area contributed by atoms with Gasteiger partial charge in [0.05, 0.1) is 6.10 Å². The van der Waals surface area contributed by atoms with Crippen molar-refractivity contribution in [1.82, 2.24) is 0 Å². The molecule has 0 aliphatic heterocycles. The Morgan fingerprint density at radius 1 is 1.44 bits per heavy atom. The zero-order chi connectivity index (χ0) is 7.11. The van der Waals surface area contributed by atoms with Gasteiger partial charge in [-0.2, -0.15) is 0 Å². The highest BCUT2D eigenvalue weighted by Gasteiger charge is 2.02. The Balaban J connectivity index is 3.18. The summed E-state index contributed by atoms with van der Waals surface area (Å²) in [6.07, 6.45) is 2.72. The summed E-state index contributed by atoms with van der Waals surface area (Å²) in [5, 5.41) is 1.05. The molecular weight excluding hydrogens is 180 g/mol. The predicted molar refractivity (Wildman–Crippen MR) is 44.1 cm³/mol. The minimum absolute atomic E-state index is 0.467. The number of rotatable bonds is 5. The van der Waals surface area contributed by atoms with Gasteiger partial charge in [0.1, 0.15) is 0 Å². The molecule has 0 aromatic heterocycles. The molecule has 0 rings (SSSR count). The topological polar surface area (TPSA) is 9.23 Å². The molecule has 0 spiro atoms. The smallest absolute Gasteiger partial charge is 0.0580 e. The maximum atomic E-state index is 5.40. The number of hydrogen-bond acceptors (Lipinski definition) is 1. The van der Waals surface area contributed by atoms with E-state index in [2.05, 4.69) is 22.9 Å². The van der Waals surface area contributed by atoms with Crippen molar-refractivity contribution in [3.05, 3.63) is 0 Å². The fourth-order valence-corrected chi connectivity index (χ4v) is 1.27. The molecule has 0 aromatic rings. The lowest BCUT2D eigenvalue weighted by molar-refractivity contribution is 0.0588. The average molecular weight is 195 g/mol. The summed E-state index contributed by atoms with van der Waals surface area (Å²) in [4.78, 5) is 0. The molecule has 0 amide bonds. The second kappa shape index (κ2) is 6.56. The number of halogens is 1. The first-order valence-electron chi connectivity index (χ1n) is 3.52. The quantitative estimate of drug-likeness (QED) is 0.612. The Labute approximate surface area is 65.9 Å². The van der Waals surface area contributed by atoms with Gasteiger partial charge in [0, 0.05) is 11.9 Å². The van der Waals surface area contributed by atoms with E-state index in [1.807, 2.05) is 6.92 Å². The van der Waals surface area contributed by atoms with Crippen molar-refractivity contribution >= 4 is 15.9 Å². The van der Waals surface area contributed by atoms with Crippen LogP contribution in [0.1, 0.15) is 26.7 Å². The van der Waals surface area contributed by atoms with E-state index >= 15 is 0 Å². The molecule has 0 N–H and O–H groups in total. The van der Waals surface area contributed by atoms with Crippen LogP contribution in [0.4, 0.5) is 0 Å². The molecule has 0 saturated heterocycles. The molecule has 0 aliphatic carbocycles. The third-order valence-corrected chi connectivity index (χ3v) is 1.75. The predicted octanol–water partition coefficient (Wildman–Crippen LogP) is 2.59. The van der Waals surface area contributed by atoms with Crippen molar-refractivity contribution < 1.29 is 4.74 Å². The van der Waals surface area contributed by atoms with E-state index in [9.17, 15) is 0 Å². The molecule has 9 heavy (non-hydrogen) atoms. The second-order valence-electron chi connectivity index (χ2n) is 1.96. The Morgan fingerprint density at radius 2 is 2.11 bits per heavy atom. The minimum Gasteiger partial charge on any atom is -0.378 e. The molecule has 1 nitrogen and oxygen atoms in total. The summed E-state index contributed by atoms with van der Waals surface area (Å²) < 4.78 is 5.40. The molecule has 56 valence electrons. The third-order valence-electron chi connectivity index (χ3n) is 1.29. The zero-order valence-corrected chi connectivity index (χ0v) is 7.78. The summed E-state index contributed by atoms with van der Waals surface area (Å²) in [5.74, 6) is 0. The Hall–Kier alpha value is 0.440. The summed E-state index contributed by atoms with van der Waals surface area (Å²) in [7, 11) is 0. The van der Waals surface area contributed by atoms with Crippen LogP contribution in [0.15, 0.2) is 0 Å². The Kier molecular flexibility index (Phi) is 6.88. The standard InChI is InChI=1S/C7H15BrO/c1-3-7(5-6-8)9-4-2/h7H,3-6H2,1-2H3. The molecule has 0 saturated carbocycles. The first-order chi connectivity index (χ1) is 4.35. The normalized spacial score (nSPS) is 13.7. The van der Waals surface area contributed by atoms with Gasteiger partial charge in [0.25, 0.3) is 0 Å². The summed E-state index contributed by atoms with van der Waals surface area (Å²) in [6.45, 7) is 5.03. The van der Waals surface area contributed by atoms with Gasteiger partial charge >= 0.3 is 0 Å². The molecule has 0 aliphatic rings. The lowest BCUT2D eigenvalue weighted by Gasteiger charge is -2.12. The summed E-state index contributed by atoms with van der Waals surface area (Å²) >= 11 is 3.38. The van der Waals surface area contributed by atoms with E-state index in [4.69, 9.17) is 4.74 Å². The van der Waals surface area contributed by atoms with Crippen molar-refractivity contribution in [2.75, 3.05) is 11.9 Å². The number of alkyl halides is 1. The van der Waals surface area contributed by atoms with E-state index in [0.29, 0.717) is 6.10 Å². The minimum atomic E-state index is 0.467. The van der Waals surface area contributed by atoms with Gasteiger partial charge in [-0.05, 0) is 19.8 Å². The van der Waals surface area contributed by atoms with Crippen LogP contribution >= 0.6 is 15.9 Å². The first-order valence-corrected chi connectivity index (χ1v) is 4.64. The van der Waals surface area contributed by atoms with Crippen LogP contribution in [0.3, 0.4) is 0 Å². The van der Waals surface area contributed by atoms with Crippen molar-refractivity contribution in [2.45, 2.75) is 32.8 Å². The summed E-state index contributed by atoms with van der Waals surface area (Å²) in [6, 6.07) is 0. The van der Waals surface area contributed by atoms with E-state index < -0.39 is 0 Å². The Bertz CT molecular complexity index is 50.9. The highest BCUT2D eigenvalue weighted by Crippen LogP contribution is 2.04. The second-order valence-corrected chi connectivity index (χ2v) is 2.76. The molecule has 1 unspecified atom stereocenters. The van der Waals surface area contributed by atoms with Crippen LogP contribution in [-0.2, 0) is 4.74 Å². The van der Waals surface area contributed by atoms with Crippen LogP contribution in [0.25, 0.3) is 0 Å². The summed E-state index contributed by atoms with van der Waals surface area (Å²) in [5.41, 5.74) is 0. The van der Waals surface area contributed by atoms with Crippen LogP contribution in [-0.4, -0.2) is 18.0 Å². The van der Waals surface area contributed by atoms with Crippen molar-refractivity contribution in [1.29, 1.82) is 0 Å². The number of hydrogen-bond donors (Lipinski definition) is 0. The fourth-order valence-electron chi connectivity index (χ4n) is 0.763. The lowest BCUT2D eigenvalue weighted by Crippen LogP contribution is -2.11. The maximum absolute atomic E-state index is 5.40. The molecular formula is C7H15BrO. The molecule has 0 bridgehead atoms. The SMILES string of the molecule is CCOC(CC)CCBr. The van der Waals surface area contributed by atoms with E-state index in [1.54, 1.807) is 0 Å². The van der Waals surface area contributed by atoms with Crippen LogP contribution in [0.5, 0.6) is 0 Å². The van der Waals surface area contributed by atoms with Crippen LogP contribution in [0.2, 0.25) is 0 Å². The van der Waals surface area contributed by atoms with Gasteiger partial charge in [-0.25, -0.2) is 0 Å².